The summed E-state index contributed by atoms with van der Waals surface area (Å²) in [5.41, 5.74) is 5.26. The molecule has 39 heavy (non-hydrogen) atoms. The van der Waals surface area contributed by atoms with Crippen LogP contribution in [0, 0.1) is 10.1 Å². The lowest BCUT2D eigenvalue weighted by molar-refractivity contribution is -0.383. The van der Waals surface area contributed by atoms with E-state index >= 15 is 0 Å². The molecule has 0 radical (unpaired) electrons. The highest BCUT2D eigenvalue weighted by atomic mass is 32.1. The number of azo groups is 1. The van der Waals surface area contributed by atoms with Crippen molar-refractivity contribution < 1.29 is 27.4 Å². The topological polar surface area (TPSA) is 115 Å². The average Bonchev–Trinajstić information content (AvgIpc) is 3.33. The molecule has 198 valence electrons. The molecule has 3 aromatic rings. The van der Waals surface area contributed by atoms with Crippen LogP contribution in [0.15, 0.2) is 92.8 Å². The maximum atomic E-state index is 12.4. The molecule has 9 nitrogen and oxygen atoms in total. The maximum absolute atomic E-state index is 12.4. The highest BCUT2D eigenvalue weighted by Gasteiger charge is 2.31. The molecule has 5 rings (SSSR count). The molecule has 0 bridgehead atoms. The van der Waals surface area contributed by atoms with Crippen LogP contribution in [-0.4, -0.2) is 21.6 Å². The smallest absolute Gasteiger partial charge is 0.406 e. The first-order chi connectivity index (χ1) is 18.7. The number of alkyl halides is 3. The Morgan fingerprint density at radius 1 is 1.15 bits per heavy atom. The molecule has 1 aromatic heterocycles. The number of para-hydroxylation sites is 2. The monoisotopic (exact) mass is 553 g/mol. The van der Waals surface area contributed by atoms with Crippen molar-refractivity contribution in [3.8, 4) is 17.1 Å². The lowest BCUT2D eigenvalue weighted by Crippen LogP contribution is -2.16. The van der Waals surface area contributed by atoms with Gasteiger partial charge in [0.1, 0.15) is 17.1 Å². The van der Waals surface area contributed by atoms with Crippen LogP contribution in [0.25, 0.3) is 16.9 Å². The van der Waals surface area contributed by atoms with E-state index in [1.807, 2.05) is 12.2 Å². The van der Waals surface area contributed by atoms with Crippen molar-refractivity contribution in [2.45, 2.75) is 25.6 Å². The summed E-state index contributed by atoms with van der Waals surface area (Å²) in [6.45, 7) is 0. The SMILES string of the molecule is O=[N+]([O-])c1ccccc1NC(=S)/N=N/C=C1\C=CC2=C(CCc3c2noc3-c2ccc(OC(F)(F)F)cc2)C1. The summed E-state index contributed by atoms with van der Waals surface area (Å²) in [7, 11) is 0. The normalized spacial score (nSPS) is 15.8. The van der Waals surface area contributed by atoms with Crippen LogP contribution in [0.3, 0.4) is 0 Å². The second-order valence-electron chi connectivity index (χ2n) is 8.56. The van der Waals surface area contributed by atoms with Crippen molar-refractivity contribution in [3.63, 3.8) is 0 Å². The standard InChI is InChI=1S/C26H18F3N5O4S/c27-26(28,29)37-18-9-6-16(7-10-18)24-20-12-8-17-13-15(5-11-19(17)23(20)33-38-24)14-30-32-25(39)31-21-3-1-2-4-22(21)34(35)36/h1-7,9-11,14H,8,12-13H2,(H,31,39)/b15-14+,32-30+. The van der Waals surface area contributed by atoms with Gasteiger partial charge < -0.3 is 14.6 Å². The lowest BCUT2D eigenvalue weighted by atomic mass is 9.82. The van der Waals surface area contributed by atoms with Crippen molar-refractivity contribution in [1.82, 2.24) is 5.16 Å². The Morgan fingerprint density at radius 2 is 1.92 bits per heavy atom. The highest BCUT2D eigenvalue weighted by molar-refractivity contribution is 7.80. The minimum atomic E-state index is -4.76. The number of fused-ring (bicyclic) bond motifs is 2. The molecule has 0 atom stereocenters. The average molecular weight is 554 g/mol. The van der Waals surface area contributed by atoms with Crippen LogP contribution in [0.1, 0.15) is 24.1 Å². The Morgan fingerprint density at radius 3 is 2.67 bits per heavy atom. The third kappa shape index (κ3) is 5.93. The summed E-state index contributed by atoms with van der Waals surface area (Å²) in [5.74, 6) is 0.201. The molecule has 2 aromatic carbocycles. The van der Waals surface area contributed by atoms with Crippen molar-refractivity contribution in [1.29, 1.82) is 0 Å². The fourth-order valence-corrected chi connectivity index (χ4v) is 4.52. The minimum Gasteiger partial charge on any atom is -0.406 e. The van der Waals surface area contributed by atoms with E-state index in [0.29, 0.717) is 29.9 Å². The summed E-state index contributed by atoms with van der Waals surface area (Å²) in [5, 5.41) is 26.0. The van der Waals surface area contributed by atoms with Crippen LogP contribution < -0.4 is 10.1 Å². The van der Waals surface area contributed by atoms with Gasteiger partial charge >= 0.3 is 6.36 Å². The van der Waals surface area contributed by atoms with Crippen molar-refractivity contribution >= 4 is 34.3 Å². The number of anilines is 1. The third-order valence-electron chi connectivity index (χ3n) is 6.05. The number of aromatic nitrogens is 1. The largest absolute Gasteiger partial charge is 0.573 e. The van der Waals surface area contributed by atoms with E-state index in [4.69, 9.17) is 16.7 Å². The van der Waals surface area contributed by atoms with Gasteiger partial charge in [-0.3, -0.25) is 10.1 Å². The second kappa shape index (κ2) is 10.6. The van der Waals surface area contributed by atoms with E-state index in [0.717, 1.165) is 28.7 Å². The number of allylic oxidation sites excluding steroid dienone is 5. The molecule has 13 heteroatoms. The van der Waals surface area contributed by atoms with Gasteiger partial charge in [-0.05, 0) is 67.4 Å². The number of nitro groups is 1. The zero-order valence-corrected chi connectivity index (χ0v) is 20.8. The van der Waals surface area contributed by atoms with Crippen LogP contribution in [0.2, 0.25) is 0 Å². The van der Waals surface area contributed by atoms with Gasteiger partial charge in [-0.2, -0.15) is 5.11 Å². The number of benzene rings is 2. The Bertz CT molecular complexity index is 1570. The number of halogens is 3. The van der Waals surface area contributed by atoms with Crippen LogP contribution >= 0.6 is 12.2 Å². The Labute approximate surface area is 224 Å². The van der Waals surface area contributed by atoms with Gasteiger partial charge in [0.15, 0.2) is 5.76 Å². The predicted molar refractivity (Wildman–Crippen MR) is 140 cm³/mol. The summed E-state index contributed by atoms with van der Waals surface area (Å²) >= 11 is 5.13. The zero-order valence-electron chi connectivity index (χ0n) is 19.9. The van der Waals surface area contributed by atoms with Gasteiger partial charge in [0, 0.05) is 22.8 Å². The van der Waals surface area contributed by atoms with Gasteiger partial charge in [-0.15, -0.1) is 18.3 Å². The first-order valence-electron chi connectivity index (χ1n) is 11.6. The van der Waals surface area contributed by atoms with E-state index in [1.54, 1.807) is 18.3 Å². The fourth-order valence-electron chi connectivity index (χ4n) is 4.36. The molecular weight excluding hydrogens is 535 g/mol. The number of hydrogen-bond donors (Lipinski definition) is 1. The van der Waals surface area contributed by atoms with E-state index in [-0.39, 0.29) is 22.2 Å². The fraction of sp³-hybridized carbons (Fsp3) is 0.154. The molecule has 0 saturated carbocycles. The van der Waals surface area contributed by atoms with E-state index in [2.05, 4.69) is 25.4 Å². The molecule has 1 N–H and O–H groups in total. The number of rotatable bonds is 5. The molecule has 2 aliphatic carbocycles. The molecule has 0 spiro atoms. The number of thiocarbonyl (C=S) groups is 1. The van der Waals surface area contributed by atoms with Gasteiger partial charge in [-0.25, -0.2) is 0 Å². The van der Waals surface area contributed by atoms with Crippen LogP contribution in [0.4, 0.5) is 24.5 Å². The first kappa shape index (κ1) is 26.0. The zero-order chi connectivity index (χ0) is 27.6. The number of nitrogens with zero attached hydrogens (tertiary/aromatic N) is 4. The Balaban J connectivity index is 1.26. The second-order valence-corrected chi connectivity index (χ2v) is 8.95. The van der Waals surface area contributed by atoms with Gasteiger partial charge in [-0.1, -0.05) is 35.0 Å². The molecule has 0 aliphatic heterocycles. The van der Waals surface area contributed by atoms with E-state index in [9.17, 15) is 23.3 Å². The van der Waals surface area contributed by atoms with Gasteiger partial charge in [0.25, 0.3) is 5.69 Å². The van der Waals surface area contributed by atoms with E-state index in [1.165, 1.54) is 36.4 Å². The summed E-state index contributed by atoms with van der Waals surface area (Å²) in [6, 6.07) is 11.6. The molecule has 1 heterocycles. The summed E-state index contributed by atoms with van der Waals surface area (Å²) < 4.78 is 46.8. The molecule has 0 unspecified atom stereocenters. The van der Waals surface area contributed by atoms with E-state index < -0.39 is 11.3 Å². The Hall–Kier alpha value is -4.65. The molecule has 0 saturated heterocycles. The maximum Gasteiger partial charge on any atom is 0.573 e. The van der Waals surface area contributed by atoms with Crippen molar-refractivity contribution in [2.24, 2.45) is 10.2 Å². The lowest BCUT2D eigenvalue weighted by Gasteiger charge is -2.21. The van der Waals surface area contributed by atoms with Crippen molar-refractivity contribution in [3.05, 3.63) is 99.4 Å². The first-order valence-corrected chi connectivity index (χ1v) is 12.0. The van der Waals surface area contributed by atoms with Crippen LogP contribution in [-0.2, 0) is 6.42 Å². The quantitative estimate of drug-likeness (QED) is 0.150. The number of nitrogens with one attached hydrogen (secondary N) is 1. The van der Waals surface area contributed by atoms with Crippen LogP contribution in [0.5, 0.6) is 5.75 Å². The molecule has 0 fully saturated rings. The summed E-state index contributed by atoms with van der Waals surface area (Å²) in [4.78, 5) is 10.6. The van der Waals surface area contributed by atoms with Gasteiger partial charge in [0.05, 0.1) is 11.1 Å². The number of nitro benzene ring substituents is 1. The highest BCUT2D eigenvalue weighted by Crippen LogP contribution is 2.42. The predicted octanol–water partition coefficient (Wildman–Crippen LogP) is 7.54. The Kier molecular flexibility index (Phi) is 7.07. The summed E-state index contributed by atoms with van der Waals surface area (Å²) in [6.07, 6.45) is 2.61. The minimum absolute atomic E-state index is 0.0173. The molecule has 2 aliphatic rings. The van der Waals surface area contributed by atoms with Gasteiger partial charge in [0.2, 0.25) is 5.11 Å². The third-order valence-corrected chi connectivity index (χ3v) is 6.23. The molecule has 0 amide bonds. The number of ether oxygens (including phenoxy) is 1. The number of hydrogen-bond acceptors (Lipinski definition) is 7. The van der Waals surface area contributed by atoms with Crippen molar-refractivity contribution in [2.75, 3.05) is 5.32 Å². The molecular formula is C26H18F3N5O4S.